The monoisotopic (exact) mass is 308 g/mol. The van der Waals surface area contributed by atoms with Crippen molar-refractivity contribution < 1.29 is 14.6 Å². The number of morpholine rings is 1. The molecule has 21 heavy (non-hydrogen) atoms. The lowest BCUT2D eigenvalue weighted by atomic mass is 9.91. The Labute approximate surface area is 127 Å². The number of carbonyl (C=O) groups is 1. The van der Waals surface area contributed by atoms with E-state index in [2.05, 4.69) is 9.88 Å². The zero-order valence-electron chi connectivity index (χ0n) is 12.0. The molecule has 1 aromatic rings. The van der Waals surface area contributed by atoms with Gasteiger partial charge in [0.25, 0.3) is 0 Å². The van der Waals surface area contributed by atoms with Gasteiger partial charge in [-0.25, -0.2) is 4.98 Å². The van der Waals surface area contributed by atoms with E-state index in [0.29, 0.717) is 12.5 Å². The van der Waals surface area contributed by atoms with Gasteiger partial charge in [0.1, 0.15) is 11.1 Å². The molecule has 5 nitrogen and oxygen atoms in total. The number of aryl methyl sites for hydroxylation is 1. The molecule has 0 aromatic carbocycles. The minimum absolute atomic E-state index is 0.0318. The highest BCUT2D eigenvalue weighted by Gasteiger charge is 2.36. The summed E-state index contributed by atoms with van der Waals surface area (Å²) >= 11 is 1.67. The minimum atomic E-state index is -0.739. The summed E-state index contributed by atoms with van der Waals surface area (Å²) in [4.78, 5) is 19.7. The number of aliphatic carboxylic acids is 1. The summed E-state index contributed by atoms with van der Waals surface area (Å²) in [5.41, 5.74) is 0.806. The van der Waals surface area contributed by atoms with E-state index >= 15 is 0 Å². The summed E-state index contributed by atoms with van der Waals surface area (Å²) in [5.74, 6) is -1.15. The summed E-state index contributed by atoms with van der Waals surface area (Å²) < 4.78 is 6.01. The normalized spacial score (nSPS) is 32.7. The first-order valence-corrected chi connectivity index (χ1v) is 8.62. The molecule has 2 aliphatic heterocycles. The third kappa shape index (κ3) is 2.39. The molecule has 3 atom stereocenters. The van der Waals surface area contributed by atoms with Gasteiger partial charge >= 0.3 is 5.97 Å². The molecule has 3 aliphatic rings. The van der Waals surface area contributed by atoms with E-state index in [4.69, 9.17) is 4.74 Å². The maximum Gasteiger partial charge on any atom is 0.312 e. The van der Waals surface area contributed by atoms with Crippen molar-refractivity contribution >= 4 is 17.3 Å². The lowest BCUT2D eigenvalue weighted by molar-refractivity contribution is -0.139. The van der Waals surface area contributed by atoms with Crippen molar-refractivity contribution in [1.82, 2.24) is 9.88 Å². The van der Waals surface area contributed by atoms with Gasteiger partial charge in [0, 0.05) is 17.5 Å². The molecular formula is C15H20N2O3S. The molecule has 3 heterocycles. The first-order chi connectivity index (χ1) is 10.2. The Balaban J connectivity index is 1.57. The van der Waals surface area contributed by atoms with Crippen molar-refractivity contribution in [3.05, 3.63) is 15.6 Å². The van der Waals surface area contributed by atoms with Gasteiger partial charge in [0.05, 0.1) is 18.2 Å². The molecule has 0 amide bonds. The molecule has 3 unspecified atom stereocenters. The van der Waals surface area contributed by atoms with Crippen molar-refractivity contribution in [2.45, 2.75) is 50.2 Å². The summed E-state index contributed by atoms with van der Waals surface area (Å²) in [7, 11) is 0. The second-order valence-corrected chi connectivity index (χ2v) is 7.37. The maximum absolute atomic E-state index is 11.4. The summed E-state index contributed by atoms with van der Waals surface area (Å²) in [6.45, 7) is 2.86. The predicted octanol–water partition coefficient (Wildman–Crippen LogP) is 2.18. The Morgan fingerprint density at radius 1 is 1.38 bits per heavy atom. The van der Waals surface area contributed by atoms with Crippen molar-refractivity contribution in [2.24, 2.45) is 0 Å². The number of nitrogens with zero attached hydrogens (tertiary/aromatic N) is 2. The molecule has 6 heteroatoms. The fourth-order valence-electron chi connectivity index (χ4n) is 3.78. The van der Waals surface area contributed by atoms with Gasteiger partial charge in [-0.3, -0.25) is 9.69 Å². The van der Waals surface area contributed by atoms with Crippen LogP contribution in [-0.2, 0) is 16.0 Å². The van der Waals surface area contributed by atoms with Gasteiger partial charge in [-0.2, -0.15) is 0 Å². The van der Waals surface area contributed by atoms with Gasteiger partial charge < -0.3 is 9.84 Å². The predicted molar refractivity (Wildman–Crippen MR) is 78.7 cm³/mol. The Kier molecular flexibility index (Phi) is 3.47. The van der Waals surface area contributed by atoms with E-state index in [1.807, 2.05) is 0 Å². The number of hydrogen-bond donors (Lipinski definition) is 1. The average molecular weight is 308 g/mol. The number of aromatic nitrogens is 1. The molecule has 1 aliphatic carbocycles. The van der Waals surface area contributed by atoms with Crippen LogP contribution >= 0.6 is 11.3 Å². The highest BCUT2D eigenvalue weighted by Crippen LogP contribution is 2.39. The molecule has 1 N–H and O–H groups in total. The Hall–Kier alpha value is -0.980. The lowest BCUT2D eigenvalue weighted by Crippen LogP contribution is -2.42. The Bertz CT molecular complexity index is 559. The van der Waals surface area contributed by atoms with Crippen LogP contribution in [0.2, 0.25) is 0 Å². The first-order valence-electron chi connectivity index (χ1n) is 7.80. The molecule has 114 valence electrons. The van der Waals surface area contributed by atoms with Crippen LogP contribution in [0.15, 0.2) is 0 Å². The van der Waals surface area contributed by atoms with E-state index < -0.39 is 11.9 Å². The summed E-state index contributed by atoms with van der Waals surface area (Å²) in [6, 6.07) is 0.586. The molecule has 0 spiro atoms. The van der Waals surface area contributed by atoms with E-state index in [9.17, 15) is 9.90 Å². The number of ether oxygens (including phenoxy) is 1. The van der Waals surface area contributed by atoms with Crippen LogP contribution in [0.5, 0.6) is 0 Å². The smallest absolute Gasteiger partial charge is 0.312 e. The average Bonchev–Trinajstić information content (AvgIpc) is 3.11. The third-order valence-electron chi connectivity index (χ3n) is 4.93. The topological polar surface area (TPSA) is 62.7 Å². The van der Waals surface area contributed by atoms with Gasteiger partial charge in [-0.05, 0) is 38.6 Å². The molecule has 4 rings (SSSR count). The molecular weight excluding hydrogens is 288 g/mol. The molecule has 1 aromatic heterocycles. The number of hydrogen-bond acceptors (Lipinski definition) is 5. The number of carboxylic acids is 1. The van der Waals surface area contributed by atoms with E-state index in [1.165, 1.54) is 12.8 Å². The zero-order chi connectivity index (χ0) is 14.4. The molecule has 0 radical (unpaired) electrons. The van der Waals surface area contributed by atoms with Crippen molar-refractivity contribution in [1.29, 1.82) is 0 Å². The quantitative estimate of drug-likeness (QED) is 0.907. The molecule has 2 fully saturated rings. The second kappa shape index (κ2) is 5.34. The first kappa shape index (κ1) is 13.7. The van der Waals surface area contributed by atoms with Crippen LogP contribution in [0.1, 0.15) is 53.3 Å². The second-order valence-electron chi connectivity index (χ2n) is 6.26. The molecule has 0 saturated carbocycles. The number of fused-ring (bicyclic) bond motifs is 2. The van der Waals surface area contributed by atoms with Gasteiger partial charge in [0.2, 0.25) is 0 Å². The van der Waals surface area contributed by atoms with Crippen LogP contribution in [-0.4, -0.2) is 46.7 Å². The number of rotatable bonds is 2. The molecule has 2 saturated heterocycles. The van der Waals surface area contributed by atoms with Gasteiger partial charge in [0.15, 0.2) is 0 Å². The maximum atomic E-state index is 11.4. The summed E-state index contributed by atoms with van der Waals surface area (Å²) in [5, 5.41) is 10.3. The van der Waals surface area contributed by atoms with Crippen LogP contribution in [0.4, 0.5) is 0 Å². The lowest BCUT2D eigenvalue weighted by Gasteiger charge is -2.34. The molecule has 0 bridgehead atoms. The number of carboxylic acid groups (broad SMARTS) is 1. The van der Waals surface area contributed by atoms with Crippen LogP contribution < -0.4 is 0 Å². The van der Waals surface area contributed by atoms with Crippen molar-refractivity contribution in [3.8, 4) is 0 Å². The van der Waals surface area contributed by atoms with Crippen molar-refractivity contribution in [2.75, 3.05) is 19.7 Å². The van der Waals surface area contributed by atoms with Gasteiger partial charge in [-0.15, -0.1) is 11.3 Å². The van der Waals surface area contributed by atoms with E-state index in [1.54, 1.807) is 11.3 Å². The summed E-state index contributed by atoms with van der Waals surface area (Å²) in [6.07, 6.45) is 5.16. The zero-order valence-corrected chi connectivity index (χ0v) is 12.8. The van der Waals surface area contributed by atoms with Crippen LogP contribution in [0.3, 0.4) is 0 Å². The fourth-order valence-corrected chi connectivity index (χ4v) is 4.99. The minimum Gasteiger partial charge on any atom is -0.481 e. The van der Waals surface area contributed by atoms with Gasteiger partial charge in [-0.1, -0.05) is 0 Å². The Morgan fingerprint density at radius 3 is 3.14 bits per heavy atom. The van der Waals surface area contributed by atoms with Crippen LogP contribution in [0, 0.1) is 0 Å². The third-order valence-corrected chi connectivity index (χ3v) is 6.16. The van der Waals surface area contributed by atoms with Crippen molar-refractivity contribution in [3.63, 3.8) is 0 Å². The van der Waals surface area contributed by atoms with E-state index in [-0.39, 0.29) is 6.10 Å². The highest BCUT2D eigenvalue weighted by atomic mass is 32.1. The van der Waals surface area contributed by atoms with Crippen LogP contribution in [0.25, 0.3) is 0 Å². The van der Waals surface area contributed by atoms with E-state index in [0.717, 1.165) is 48.1 Å². The fraction of sp³-hybridized carbons (Fsp3) is 0.733. The number of thiazole rings is 1. The SMILES string of the molecule is O=C(O)C1CCCc2sc(C3CN4CCCC4CO3)nc21. The Morgan fingerprint density at radius 2 is 2.29 bits per heavy atom. The highest BCUT2D eigenvalue weighted by molar-refractivity contribution is 7.11. The standard InChI is InChI=1S/C15H20N2O3S/c18-15(19)10-4-1-5-12-13(10)16-14(21-12)11-7-17-6-2-3-9(17)8-20-11/h9-11H,1-8H2,(H,18,19). The largest absolute Gasteiger partial charge is 0.481 e.